The summed E-state index contributed by atoms with van der Waals surface area (Å²) in [5, 5.41) is 2.65. The fraction of sp³-hybridized carbons (Fsp3) is 0.429. The van der Waals surface area contributed by atoms with Crippen LogP contribution in [-0.2, 0) is 16.1 Å². The molecule has 1 heterocycles. The number of piperazine rings is 1. The lowest BCUT2D eigenvalue weighted by Gasteiger charge is -2.37. The van der Waals surface area contributed by atoms with Crippen molar-refractivity contribution in [3.8, 4) is 0 Å². The summed E-state index contributed by atoms with van der Waals surface area (Å²) in [5.74, 6) is -0.0116. The number of hydrogen-bond acceptors (Lipinski definition) is 2. The normalized spacial score (nSPS) is 19.8. The lowest BCUT2D eigenvalue weighted by atomic mass is 9.98. The number of hydrogen-bond donors (Lipinski definition) is 1. The number of nitrogens with one attached hydrogen (secondary N) is 1. The molecule has 4 nitrogen and oxygen atoms in total. The summed E-state index contributed by atoms with van der Waals surface area (Å²) in [6.45, 7) is 4.45. The van der Waals surface area contributed by atoms with Crippen molar-refractivity contribution >= 4 is 27.7 Å². The Morgan fingerprint density at radius 2 is 2.05 bits per heavy atom. The molecule has 1 aliphatic heterocycles. The molecule has 1 fully saturated rings. The third-order valence-electron chi connectivity index (χ3n) is 3.27. The molecule has 1 aromatic rings. The Balaban J connectivity index is 2.26. The van der Waals surface area contributed by atoms with Crippen LogP contribution in [0, 0.1) is 5.92 Å². The highest BCUT2D eigenvalue weighted by Gasteiger charge is 2.36. The maximum Gasteiger partial charge on any atom is 0.243 e. The third-order valence-corrected chi connectivity index (χ3v) is 4.04. The lowest BCUT2D eigenvalue weighted by Crippen LogP contribution is -2.59. The predicted octanol–water partition coefficient (Wildman–Crippen LogP) is 1.93. The monoisotopic (exact) mass is 324 g/mol. The van der Waals surface area contributed by atoms with Gasteiger partial charge in [-0.05, 0) is 17.5 Å². The molecule has 1 saturated heterocycles. The van der Waals surface area contributed by atoms with E-state index in [4.69, 9.17) is 0 Å². The second-order valence-corrected chi connectivity index (χ2v) is 5.87. The van der Waals surface area contributed by atoms with Crippen molar-refractivity contribution in [2.24, 2.45) is 5.92 Å². The number of rotatable bonds is 3. The standard InChI is InChI=1S/C14H17BrN2O2/c1-9(2)13-14(19)16-7-12(18)17(13)8-10-5-3-4-6-11(10)15/h3-6,9,13H,7-8H2,1-2H3,(H,16,19). The van der Waals surface area contributed by atoms with E-state index in [2.05, 4.69) is 21.2 Å². The van der Waals surface area contributed by atoms with Gasteiger partial charge >= 0.3 is 0 Å². The van der Waals surface area contributed by atoms with Crippen LogP contribution < -0.4 is 5.32 Å². The van der Waals surface area contributed by atoms with Gasteiger partial charge in [0.15, 0.2) is 0 Å². The van der Waals surface area contributed by atoms with Crippen LogP contribution in [-0.4, -0.2) is 29.3 Å². The van der Waals surface area contributed by atoms with Gasteiger partial charge in [0.1, 0.15) is 6.04 Å². The molecule has 2 rings (SSSR count). The molecule has 1 aromatic carbocycles. The smallest absolute Gasteiger partial charge is 0.243 e. The van der Waals surface area contributed by atoms with E-state index < -0.39 is 6.04 Å². The summed E-state index contributed by atoms with van der Waals surface area (Å²) < 4.78 is 0.955. The molecule has 1 N–H and O–H groups in total. The van der Waals surface area contributed by atoms with Gasteiger partial charge < -0.3 is 10.2 Å². The molecular weight excluding hydrogens is 308 g/mol. The zero-order valence-corrected chi connectivity index (χ0v) is 12.6. The van der Waals surface area contributed by atoms with E-state index in [0.717, 1.165) is 10.0 Å². The van der Waals surface area contributed by atoms with Crippen LogP contribution in [0.1, 0.15) is 19.4 Å². The fourth-order valence-corrected chi connectivity index (χ4v) is 2.73. The first-order chi connectivity index (χ1) is 9.00. The lowest BCUT2D eigenvalue weighted by molar-refractivity contribution is -0.148. The van der Waals surface area contributed by atoms with Crippen LogP contribution in [0.2, 0.25) is 0 Å². The fourth-order valence-electron chi connectivity index (χ4n) is 2.32. The summed E-state index contributed by atoms with van der Waals surface area (Å²) in [4.78, 5) is 25.7. The van der Waals surface area contributed by atoms with Crippen molar-refractivity contribution in [1.82, 2.24) is 10.2 Å². The number of carbonyl (C=O) groups is 2. The number of halogens is 1. The quantitative estimate of drug-likeness (QED) is 0.923. The summed E-state index contributed by atoms with van der Waals surface area (Å²) in [6, 6.07) is 7.36. The minimum absolute atomic E-state index is 0.0333. The molecule has 1 atom stereocenters. The minimum Gasteiger partial charge on any atom is -0.345 e. The number of benzene rings is 1. The van der Waals surface area contributed by atoms with Crippen molar-refractivity contribution < 1.29 is 9.59 Å². The Labute approximate surface area is 121 Å². The molecule has 0 bridgehead atoms. The molecule has 0 aliphatic carbocycles. The highest BCUT2D eigenvalue weighted by atomic mass is 79.9. The summed E-state index contributed by atoms with van der Waals surface area (Å²) in [5.41, 5.74) is 1.01. The first-order valence-electron chi connectivity index (χ1n) is 6.31. The summed E-state index contributed by atoms with van der Waals surface area (Å²) >= 11 is 3.48. The van der Waals surface area contributed by atoms with E-state index in [1.807, 2.05) is 38.1 Å². The van der Waals surface area contributed by atoms with Gasteiger partial charge in [-0.25, -0.2) is 0 Å². The van der Waals surface area contributed by atoms with Crippen molar-refractivity contribution in [2.75, 3.05) is 6.54 Å². The van der Waals surface area contributed by atoms with E-state index in [1.54, 1.807) is 4.90 Å². The van der Waals surface area contributed by atoms with Gasteiger partial charge in [-0.3, -0.25) is 9.59 Å². The van der Waals surface area contributed by atoms with E-state index in [1.165, 1.54) is 0 Å². The number of amides is 2. The molecule has 1 unspecified atom stereocenters. The van der Waals surface area contributed by atoms with Crippen LogP contribution in [0.3, 0.4) is 0 Å². The van der Waals surface area contributed by atoms with Crippen molar-refractivity contribution in [2.45, 2.75) is 26.4 Å². The molecule has 1 aliphatic rings. The highest BCUT2D eigenvalue weighted by Crippen LogP contribution is 2.22. The van der Waals surface area contributed by atoms with Gasteiger partial charge in [0, 0.05) is 11.0 Å². The van der Waals surface area contributed by atoms with Crippen LogP contribution in [0.5, 0.6) is 0 Å². The highest BCUT2D eigenvalue weighted by molar-refractivity contribution is 9.10. The van der Waals surface area contributed by atoms with E-state index in [-0.39, 0.29) is 24.3 Å². The second-order valence-electron chi connectivity index (χ2n) is 5.02. The summed E-state index contributed by atoms with van der Waals surface area (Å²) in [7, 11) is 0. The first kappa shape index (κ1) is 14.1. The minimum atomic E-state index is -0.395. The van der Waals surface area contributed by atoms with Gasteiger partial charge in [-0.1, -0.05) is 48.0 Å². The average Bonchev–Trinajstić information content (AvgIpc) is 2.36. The second kappa shape index (κ2) is 5.74. The number of nitrogens with zero attached hydrogens (tertiary/aromatic N) is 1. The molecular formula is C14H17BrN2O2. The molecule has 102 valence electrons. The SMILES string of the molecule is CC(C)C1C(=O)NCC(=O)N1Cc1ccccc1Br. The largest absolute Gasteiger partial charge is 0.345 e. The molecule has 0 saturated carbocycles. The van der Waals surface area contributed by atoms with Gasteiger partial charge in [0.2, 0.25) is 11.8 Å². The summed E-state index contributed by atoms with van der Waals surface area (Å²) in [6.07, 6.45) is 0. The molecule has 0 aromatic heterocycles. The van der Waals surface area contributed by atoms with Crippen molar-refractivity contribution in [3.05, 3.63) is 34.3 Å². The van der Waals surface area contributed by atoms with E-state index in [0.29, 0.717) is 6.54 Å². The molecule has 2 amide bonds. The number of carbonyl (C=O) groups excluding carboxylic acids is 2. The Morgan fingerprint density at radius 1 is 1.37 bits per heavy atom. The Hall–Kier alpha value is -1.36. The van der Waals surface area contributed by atoms with Crippen LogP contribution in [0.15, 0.2) is 28.7 Å². The third kappa shape index (κ3) is 2.97. The van der Waals surface area contributed by atoms with E-state index >= 15 is 0 Å². The topological polar surface area (TPSA) is 49.4 Å². The van der Waals surface area contributed by atoms with Crippen molar-refractivity contribution in [1.29, 1.82) is 0 Å². The maximum atomic E-state index is 12.1. The predicted molar refractivity (Wildman–Crippen MR) is 76.3 cm³/mol. The maximum absolute atomic E-state index is 12.1. The van der Waals surface area contributed by atoms with Gasteiger partial charge in [0.25, 0.3) is 0 Å². The molecule has 0 radical (unpaired) electrons. The van der Waals surface area contributed by atoms with Crippen LogP contribution in [0.4, 0.5) is 0 Å². The molecule has 5 heteroatoms. The van der Waals surface area contributed by atoms with Crippen LogP contribution >= 0.6 is 15.9 Å². The van der Waals surface area contributed by atoms with Crippen LogP contribution in [0.25, 0.3) is 0 Å². The molecule has 19 heavy (non-hydrogen) atoms. The Bertz CT molecular complexity index is 502. The van der Waals surface area contributed by atoms with E-state index in [9.17, 15) is 9.59 Å². The zero-order valence-electron chi connectivity index (χ0n) is 11.0. The van der Waals surface area contributed by atoms with Crippen molar-refractivity contribution in [3.63, 3.8) is 0 Å². The molecule has 0 spiro atoms. The first-order valence-corrected chi connectivity index (χ1v) is 7.10. The average molecular weight is 325 g/mol. The zero-order chi connectivity index (χ0) is 14.0. The van der Waals surface area contributed by atoms with Gasteiger partial charge in [0.05, 0.1) is 6.54 Å². The Morgan fingerprint density at radius 3 is 2.68 bits per heavy atom. The van der Waals surface area contributed by atoms with Gasteiger partial charge in [-0.2, -0.15) is 0 Å². The van der Waals surface area contributed by atoms with Gasteiger partial charge in [-0.15, -0.1) is 0 Å². The Kier molecular flexibility index (Phi) is 4.24.